The van der Waals surface area contributed by atoms with Crippen molar-refractivity contribution >= 4 is 28.9 Å². The van der Waals surface area contributed by atoms with Gasteiger partial charge >= 0.3 is 12.0 Å². The molecule has 3 amide bonds. The second-order valence-electron chi connectivity index (χ2n) is 5.78. The summed E-state index contributed by atoms with van der Waals surface area (Å²) in [4.78, 5) is 35.1. The van der Waals surface area contributed by atoms with Crippen molar-refractivity contribution in [1.29, 1.82) is 0 Å². The van der Waals surface area contributed by atoms with E-state index in [9.17, 15) is 14.4 Å². The quantitative estimate of drug-likeness (QED) is 0.819. The summed E-state index contributed by atoms with van der Waals surface area (Å²) in [5.41, 5.74) is 1.21. The fourth-order valence-corrected chi connectivity index (χ4v) is 2.07. The highest BCUT2D eigenvalue weighted by Crippen LogP contribution is 2.25. The summed E-state index contributed by atoms with van der Waals surface area (Å²) < 4.78 is 10.4. The van der Waals surface area contributed by atoms with Gasteiger partial charge in [-0.05, 0) is 18.9 Å². The number of nitrogens with one attached hydrogen (secondary N) is 2. The Morgan fingerprint density at radius 3 is 2.58 bits per heavy atom. The Kier molecular flexibility index (Phi) is 5.57. The maximum absolute atomic E-state index is 12.0. The molecule has 0 saturated heterocycles. The largest absolute Gasteiger partial charge is 0.450 e. The third-order valence-corrected chi connectivity index (χ3v) is 3.29. The number of amides is 3. The zero-order valence-electron chi connectivity index (χ0n) is 13.8. The molecular formula is C17H20N2O5. The van der Waals surface area contributed by atoms with Crippen LogP contribution in [-0.4, -0.2) is 31.1 Å². The first-order valence-electron chi connectivity index (χ1n) is 7.61. The van der Waals surface area contributed by atoms with Crippen LogP contribution < -0.4 is 10.6 Å². The van der Waals surface area contributed by atoms with Crippen molar-refractivity contribution in [3.05, 3.63) is 35.6 Å². The van der Waals surface area contributed by atoms with Gasteiger partial charge in [0.1, 0.15) is 5.58 Å². The SMILES string of the molecule is Cc1c(C(=O)OCC(=O)NC(=O)NCC(C)C)oc2ccccc12. The molecule has 7 nitrogen and oxygen atoms in total. The number of aryl methyl sites for hydroxylation is 1. The third-order valence-electron chi connectivity index (χ3n) is 3.29. The fraction of sp³-hybridized carbons (Fsp3) is 0.353. The predicted molar refractivity (Wildman–Crippen MR) is 87.6 cm³/mol. The minimum Gasteiger partial charge on any atom is -0.450 e. The molecule has 0 bridgehead atoms. The lowest BCUT2D eigenvalue weighted by Crippen LogP contribution is -2.42. The van der Waals surface area contributed by atoms with Crippen molar-refractivity contribution < 1.29 is 23.5 Å². The van der Waals surface area contributed by atoms with Crippen LogP contribution in [-0.2, 0) is 9.53 Å². The fourth-order valence-electron chi connectivity index (χ4n) is 2.07. The van der Waals surface area contributed by atoms with Crippen LogP contribution in [0.4, 0.5) is 4.79 Å². The summed E-state index contributed by atoms with van der Waals surface area (Å²) in [5, 5.41) is 5.42. The number of hydrogen-bond donors (Lipinski definition) is 2. The Hall–Kier alpha value is -2.83. The molecule has 0 unspecified atom stereocenters. The molecule has 24 heavy (non-hydrogen) atoms. The highest BCUT2D eigenvalue weighted by atomic mass is 16.5. The van der Waals surface area contributed by atoms with E-state index < -0.39 is 24.5 Å². The van der Waals surface area contributed by atoms with E-state index in [1.807, 2.05) is 26.0 Å². The molecule has 0 radical (unpaired) electrons. The van der Waals surface area contributed by atoms with Crippen LogP contribution in [0.25, 0.3) is 11.0 Å². The van der Waals surface area contributed by atoms with E-state index in [1.54, 1.807) is 19.1 Å². The van der Waals surface area contributed by atoms with Gasteiger partial charge in [-0.15, -0.1) is 0 Å². The van der Waals surface area contributed by atoms with Crippen molar-refractivity contribution in [2.24, 2.45) is 5.92 Å². The molecule has 2 rings (SSSR count). The highest BCUT2D eigenvalue weighted by molar-refractivity contribution is 5.98. The number of esters is 1. The van der Waals surface area contributed by atoms with Crippen LogP contribution in [0, 0.1) is 12.8 Å². The first-order chi connectivity index (χ1) is 11.4. The average molecular weight is 332 g/mol. The molecule has 128 valence electrons. The number of carbonyl (C=O) groups excluding carboxylic acids is 3. The number of benzene rings is 1. The second-order valence-corrected chi connectivity index (χ2v) is 5.78. The summed E-state index contributed by atoms with van der Waals surface area (Å²) >= 11 is 0. The van der Waals surface area contributed by atoms with Gasteiger partial charge in [0.15, 0.2) is 6.61 Å². The summed E-state index contributed by atoms with van der Waals surface area (Å²) in [7, 11) is 0. The van der Waals surface area contributed by atoms with Crippen molar-refractivity contribution in [2.75, 3.05) is 13.2 Å². The lowest BCUT2D eigenvalue weighted by Gasteiger charge is -2.08. The lowest BCUT2D eigenvalue weighted by atomic mass is 10.1. The number of hydrogen-bond acceptors (Lipinski definition) is 5. The summed E-state index contributed by atoms with van der Waals surface area (Å²) in [6.07, 6.45) is 0. The molecule has 1 aromatic carbocycles. The molecule has 7 heteroatoms. The molecule has 0 aliphatic carbocycles. The smallest absolute Gasteiger partial charge is 0.375 e. The standard InChI is InChI=1S/C17H20N2O5/c1-10(2)8-18-17(22)19-14(20)9-23-16(21)15-11(3)12-6-4-5-7-13(12)24-15/h4-7,10H,8-9H2,1-3H3,(H2,18,19,20,22). The Bertz CT molecular complexity index is 763. The minimum atomic E-state index is -0.749. The van der Waals surface area contributed by atoms with E-state index in [2.05, 4.69) is 10.6 Å². The minimum absolute atomic E-state index is 0.0493. The van der Waals surface area contributed by atoms with Crippen molar-refractivity contribution in [3.63, 3.8) is 0 Å². The van der Waals surface area contributed by atoms with E-state index in [0.29, 0.717) is 17.7 Å². The van der Waals surface area contributed by atoms with Gasteiger partial charge in [-0.1, -0.05) is 32.0 Å². The Morgan fingerprint density at radius 2 is 1.92 bits per heavy atom. The molecule has 0 atom stereocenters. The van der Waals surface area contributed by atoms with E-state index in [4.69, 9.17) is 9.15 Å². The number of fused-ring (bicyclic) bond motifs is 1. The molecule has 1 aromatic heterocycles. The Labute approximate surface area is 139 Å². The van der Waals surface area contributed by atoms with Gasteiger partial charge in [0.25, 0.3) is 5.91 Å². The maximum atomic E-state index is 12.0. The predicted octanol–water partition coefficient (Wildman–Crippen LogP) is 2.38. The van der Waals surface area contributed by atoms with Gasteiger partial charge in [0.05, 0.1) is 0 Å². The summed E-state index contributed by atoms with van der Waals surface area (Å²) in [5.74, 6) is -1.15. The summed E-state index contributed by atoms with van der Waals surface area (Å²) in [6, 6.07) is 6.58. The first-order valence-corrected chi connectivity index (χ1v) is 7.61. The maximum Gasteiger partial charge on any atom is 0.375 e. The molecule has 0 fully saturated rings. The molecule has 2 N–H and O–H groups in total. The Morgan fingerprint density at radius 1 is 1.21 bits per heavy atom. The van der Waals surface area contributed by atoms with Gasteiger partial charge in [-0.3, -0.25) is 10.1 Å². The van der Waals surface area contributed by atoms with Gasteiger partial charge in [-0.25, -0.2) is 9.59 Å². The van der Waals surface area contributed by atoms with E-state index >= 15 is 0 Å². The van der Waals surface area contributed by atoms with Gasteiger partial charge in [0.2, 0.25) is 5.76 Å². The van der Waals surface area contributed by atoms with Crippen LogP contribution >= 0.6 is 0 Å². The zero-order chi connectivity index (χ0) is 17.7. The summed E-state index contributed by atoms with van der Waals surface area (Å²) in [6.45, 7) is 5.47. The van der Waals surface area contributed by atoms with Crippen LogP contribution in [0.5, 0.6) is 0 Å². The first kappa shape index (κ1) is 17.5. The second kappa shape index (κ2) is 7.63. The average Bonchev–Trinajstić information content (AvgIpc) is 2.88. The van der Waals surface area contributed by atoms with E-state index in [1.165, 1.54) is 0 Å². The highest BCUT2D eigenvalue weighted by Gasteiger charge is 2.20. The van der Waals surface area contributed by atoms with Crippen LogP contribution in [0.2, 0.25) is 0 Å². The number of carbonyl (C=O) groups is 3. The number of ether oxygens (including phenoxy) is 1. The normalized spacial score (nSPS) is 10.7. The van der Waals surface area contributed by atoms with Gasteiger partial charge in [-0.2, -0.15) is 0 Å². The molecule has 0 spiro atoms. The number of urea groups is 1. The number of rotatable bonds is 5. The van der Waals surface area contributed by atoms with E-state index in [-0.39, 0.29) is 11.7 Å². The molecule has 1 heterocycles. The number of furan rings is 1. The van der Waals surface area contributed by atoms with Crippen LogP contribution in [0.15, 0.2) is 28.7 Å². The van der Waals surface area contributed by atoms with Crippen LogP contribution in [0.3, 0.4) is 0 Å². The van der Waals surface area contributed by atoms with Crippen molar-refractivity contribution in [3.8, 4) is 0 Å². The third kappa shape index (κ3) is 4.34. The number of imide groups is 1. The zero-order valence-corrected chi connectivity index (χ0v) is 13.8. The molecule has 0 aliphatic rings. The topological polar surface area (TPSA) is 97.6 Å². The molecular weight excluding hydrogens is 312 g/mol. The van der Waals surface area contributed by atoms with Gasteiger partial charge < -0.3 is 14.5 Å². The van der Waals surface area contributed by atoms with Crippen LogP contribution in [0.1, 0.15) is 30.0 Å². The molecule has 0 aliphatic heterocycles. The van der Waals surface area contributed by atoms with Crippen molar-refractivity contribution in [1.82, 2.24) is 10.6 Å². The number of para-hydroxylation sites is 1. The van der Waals surface area contributed by atoms with Gasteiger partial charge in [0, 0.05) is 17.5 Å². The molecule has 2 aromatic rings. The Balaban J connectivity index is 1.89. The monoisotopic (exact) mass is 332 g/mol. The van der Waals surface area contributed by atoms with Crippen molar-refractivity contribution in [2.45, 2.75) is 20.8 Å². The lowest BCUT2D eigenvalue weighted by molar-refractivity contribution is -0.123. The molecule has 0 saturated carbocycles. The van der Waals surface area contributed by atoms with E-state index in [0.717, 1.165) is 5.39 Å².